The van der Waals surface area contributed by atoms with Crippen molar-refractivity contribution in [2.75, 3.05) is 19.6 Å². The molecular formula is C15H26N2O3. The van der Waals surface area contributed by atoms with Gasteiger partial charge < -0.3 is 15.3 Å². The average Bonchev–Trinajstić information content (AvgIpc) is 2.47. The van der Waals surface area contributed by atoms with Crippen LogP contribution in [0.3, 0.4) is 0 Å². The van der Waals surface area contributed by atoms with Crippen LogP contribution in [0.4, 0.5) is 0 Å². The van der Waals surface area contributed by atoms with Crippen LogP contribution in [0.5, 0.6) is 0 Å². The van der Waals surface area contributed by atoms with E-state index in [4.69, 9.17) is 0 Å². The lowest BCUT2D eigenvalue weighted by Gasteiger charge is -2.43. The Labute approximate surface area is 120 Å². The molecule has 0 aromatic heterocycles. The number of nitrogens with one attached hydrogen (secondary N) is 1. The van der Waals surface area contributed by atoms with Gasteiger partial charge in [-0.3, -0.25) is 4.79 Å². The van der Waals surface area contributed by atoms with E-state index in [-0.39, 0.29) is 11.3 Å². The van der Waals surface area contributed by atoms with Crippen LogP contribution in [0.15, 0.2) is 0 Å². The van der Waals surface area contributed by atoms with E-state index in [0.717, 1.165) is 51.6 Å². The molecule has 0 unspecified atom stereocenters. The minimum atomic E-state index is -0.848. The molecule has 2 aliphatic heterocycles. The summed E-state index contributed by atoms with van der Waals surface area (Å²) in [6.07, 6.45) is 5.94. The minimum absolute atomic E-state index is 0.0907. The first-order valence-electron chi connectivity index (χ1n) is 7.85. The van der Waals surface area contributed by atoms with Crippen LogP contribution >= 0.6 is 0 Å². The molecule has 0 saturated carbocycles. The van der Waals surface area contributed by atoms with Crippen molar-refractivity contribution in [2.24, 2.45) is 5.41 Å². The molecule has 1 atom stereocenters. The Kier molecular flexibility index (Phi) is 5.02. The van der Waals surface area contributed by atoms with Gasteiger partial charge >= 0.3 is 5.97 Å². The fraction of sp³-hybridized carbons (Fsp3) is 0.867. The van der Waals surface area contributed by atoms with E-state index in [9.17, 15) is 14.7 Å². The third-order valence-electron chi connectivity index (χ3n) is 4.79. The molecule has 0 aromatic carbocycles. The zero-order valence-electron chi connectivity index (χ0n) is 12.4. The number of amides is 1. The van der Waals surface area contributed by atoms with Gasteiger partial charge in [0.25, 0.3) is 0 Å². The molecule has 20 heavy (non-hydrogen) atoms. The lowest BCUT2D eigenvalue weighted by Crippen LogP contribution is -2.55. The van der Waals surface area contributed by atoms with E-state index in [1.807, 2.05) is 0 Å². The zero-order valence-corrected chi connectivity index (χ0v) is 12.4. The van der Waals surface area contributed by atoms with Crippen molar-refractivity contribution in [1.82, 2.24) is 10.2 Å². The highest BCUT2D eigenvalue weighted by atomic mass is 16.4. The third kappa shape index (κ3) is 2.97. The van der Waals surface area contributed by atoms with Gasteiger partial charge in [0.15, 0.2) is 0 Å². The molecule has 5 nitrogen and oxygen atoms in total. The van der Waals surface area contributed by atoms with Crippen molar-refractivity contribution < 1.29 is 14.7 Å². The molecule has 2 aliphatic rings. The summed E-state index contributed by atoms with van der Waals surface area (Å²) in [6.45, 7) is 4.42. The minimum Gasteiger partial charge on any atom is -0.480 e. The van der Waals surface area contributed by atoms with Gasteiger partial charge in [0.05, 0.1) is 5.41 Å². The predicted octanol–water partition coefficient (Wildman–Crippen LogP) is 1.62. The first kappa shape index (κ1) is 15.3. The monoisotopic (exact) mass is 282 g/mol. The molecule has 2 saturated heterocycles. The molecule has 0 bridgehead atoms. The SMILES string of the molecule is CCCC1(C(=O)N2CCCC[C@H]2C(=O)O)CCNCC1. The number of piperidine rings is 2. The van der Waals surface area contributed by atoms with Crippen LogP contribution in [0.1, 0.15) is 51.9 Å². The first-order chi connectivity index (χ1) is 9.60. The Morgan fingerprint density at radius 1 is 1.30 bits per heavy atom. The van der Waals surface area contributed by atoms with Gasteiger partial charge in [-0.25, -0.2) is 4.79 Å². The van der Waals surface area contributed by atoms with Crippen molar-refractivity contribution >= 4 is 11.9 Å². The van der Waals surface area contributed by atoms with E-state index in [1.54, 1.807) is 4.90 Å². The van der Waals surface area contributed by atoms with Gasteiger partial charge in [0, 0.05) is 6.54 Å². The second-order valence-corrected chi connectivity index (χ2v) is 6.13. The summed E-state index contributed by atoms with van der Waals surface area (Å²) >= 11 is 0. The Morgan fingerprint density at radius 2 is 2.00 bits per heavy atom. The fourth-order valence-electron chi connectivity index (χ4n) is 3.69. The van der Waals surface area contributed by atoms with E-state index in [2.05, 4.69) is 12.2 Å². The molecule has 2 heterocycles. The van der Waals surface area contributed by atoms with Gasteiger partial charge in [-0.1, -0.05) is 13.3 Å². The van der Waals surface area contributed by atoms with Gasteiger partial charge in [-0.15, -0.1) is 0 Å². The number of hydrogen-bond acceptors (Lipinski definition) is 3. The quantitative estimate of drug-likeness (QED) is 0.822. The Morgan fingerprint density at radius 3 is 2.60 bits per heavy atom. The summed E-state index contributed by atoms with van der Waals surface area (Å²) < 4.78 is 0. The van der Waals surface area contributed by atoms with Gasteiger partial charge in [-0.05, 0) is 51.6 Å². The maximum Gasteiger partial charge on any atom is 0.326 e. The largest absolute Gasteiger partial charge is 0.480 e. The van der Waals surface area contributed by atoms with Crippen molar-refractivity contribution in [2.45, 2.75) is 57.9 Å². The highest BCUT2D eigenvalue weighted by Gasteiger charge is 2.44. The molecular weight excluding hydrogens is 256 g/mol. The summed E-state index contributed by atoms with van der Waals surface area (Å²) in [7, 11) is 0. The Hall–Kier alpha value is -1.10. The number of carboxylic acids is 1. The number of nitrogens with zero attached hydrogens (tertiary/aromatic N) is 1. The summed E-state index contributed by atoms with van der Waals surface area (Å²) in [5, 5.41) is 12.7. The maximum atomic E-state index is 13.0. The molecule has 0 spiro atoms. The van der Waals surface area contributed by atoms with Gasteiger partial charge in [-0.2, -0.15) is 0 Å². The van der Waals surface area contributed by atoms with E-state index < -0.39 is 12.0 Å². The number of likely N-dealkylation sites (tertiary alicyclic amines) is 1. The molecule has 114 valence electrons. The summed E-state index contributed by atoms with van der Waals surface area (Å²) in [5.41, 5.74) is -0.328. The van der Waals surface area contributed by atoms with E-state index in [0.29, 0.717) is 13.0 Å². The van der Waals surface area contributed by atoms with Crippen LogP contribution in [0, 0.1) is 5.41 Å². The summed E-state index contributed by atoms with van der Waals surface area (Å²) in [6, 6.07) is -0.611. The molecule has 2 N–H and O–H groups in total. The predicted molar refractivity (Wildman–Crippen MR) is 76.4 cm³/mol. The third-order valence-corrected chi connectivity index (χ3v) is 4.79. The maximum absolute atomic E-state index is 13.0. The number of hydrogen-bond donors (Lipinski definition) is 2. The van der Waals surface area contributed by atoms with Crippen LogP contribution < -0.4 is 5.32 Å². The van der Waals surface area contributed by atoms with Crippen LogP contribution in [0.25, 0.3) is 0 Å². The smallest absolute Gasteiger partial charge is 0.326 e. The lowest BCUT2D eigenvalue weighted by atomic mass is 9.73. The van der Waals surface area contributed by atoms with Gasteiger partial charge in [0.1, 0.15) is 6.04 Å². The van der Waals surface area contributed by atoms with Gasteiger partial charge in [0.2, 0.25) is 5.91 Å². The van der Waals surface area contributed by atoms with Crippen molar-refractivity contribution in [3.63, 3.8) is 0 Å². The van der Waals surface area contributed by atoms with Crippen LogP contribution in [-0.4, -0.2) is 47.6 Å². The lowest BCUT2D eigenvalue weighted by molar-refractivity contribution is -0.158. The number of aliphatic carboxylic acids is 1. The van der Waals surface area contributed by atoms with E-state index >= 15 is 0 Å². The molecule has 0 aromatic rings. The second kappa shape index (κ2) is 6.57. The summed E-state index contributed by atoms with van der Waals surface area (Å²) in [5.74, 6) is -0.758. The van der Waals surface area contributed by atoms with Crippen LogP contribution in [0.2, 0.25) is 0 Å². The average molecular weight is 282 g/mol. The standard InChI is InChI=1S/C15H26N2O3/c1-2-6-15(7-9-16-10-8-15)14(20)17-11-4-3-5-12(17)13(18)19/h12,16H,2-11H2,1H3,(H,18,19)/t12-/m0/s1. The molecule has 0 aliphatic carbocycles. The highest BCUT2D eigenvalue weighted by molar-refractivity contribution is 5.88. The van der Waals surface area contributed by atoms with E-state index in [1.165, 1.54) is 0 Å². The van der Waals surface area contributed by atoms with Crippen molar-refractivity contribution in [3.8, 4) is 0 Å². The molecule has 1 amide bonds. The highest BCUT2D eigenvalue weighted by Crippen LogP contribution is 2.37. The zero-order chi connectivity index (χ0) is 14.6. The Balaban J connectivity index is 2.18. The first-order valence-corrected chi connectivity index (χ1v) is 7.85. The second-order valence-electron chi connectivity index (χ2n) is 6.13. The topological polar surface area (TPSA) is 69.6 Å². The Bertz CT molecular complexity index is 359. The fourth-order valence-corrected chi connectivity index (χ4v) is 3.69. The number of carbonyl (C=O) groups is 2. The van der Waals surface area contributed by atoms with Crippen LogP contribution in [-0.2, 0) is 9.59 Å². The molecule has 2 rings (SSSR count). The molecule has 2 fully saturated rings. The number of carbonyl (C=O) groups excluding carboxylic acids is 1. The normalized spacial score (nSPS) is 26.2. The molecule has 5 heteroatoms. The van der Waals surface area contributed by atoms with Crippen molar-refractivity contribution in [3.05, 3.63) is 0 Å². The number of carboxylic acid groups (broad SMARTS) is 1. The summed E-state index contributed by atoms with van der Waals surface area (Å²) in [4.78, 5) is 26.1. The number of rotatable bonds is 4. The van der Waals surface area contributed by atoms with Crippen molar-refractivity contribution in [1.29, 1.82) is 0 Å². The molecule has 0 radical (unpaired) electrons.